The highest BCUT2D eigenvalue weighted by Gasteiger charge is 2.49. The lowest BCUT2D eigenvalue weighted by atomic mass is 10.0. The maximum Gasteiger partial charge on any atom is 0.416 e. The largest absolute Gasteiger partial charge is 0.457 e. The second kappa shape index (κ2) is 12.8. The van der Waals surface area contributed by atoms with Crippen LogP contribution in [0.1, 0.15) is 32.8 Å². The van der Waals surface area contributed by atoms with Gasteiger partial charge in [-0.2, -0.15) is 13.2 Å². The maximum atomic E-state index is 14.9. The number of nitrogens with one attached hydrogen (secondary N) is 3. The predicted molar refractivity (Wildman–Crippen MR) is 147 cm³/mol. The average Bonchev–Trinajstić information content (AvgIpc) is 3.60. The summed E-state index contributed by atoms with van der Waals surface area (Å²) in [6.45, 7) is -2.64. The van der Waals surface area contributed by atoms with E-state index in [1.807, 2.05) is 0 Å². The fourth-order valence-corrected chi connectivity index (χ4v) is 5.14. The van der Waals surface area contributed by atoms with E-state index in [-0.39, 0.29) is 29.4 Å². The van der Waals surface area contributed by atoms with Crippen molar-refractivity contribution in [2.45, 2.75) is 30.9 Å². The van der Waals surface area contributed by atoms with Gasteiger partial charge in [0.1, 0.15) is 30.1 Å². The minimum atomic E-state index is -4.48. The molecule has 0 saturated carbocycles. The Morgan fingerprint density at radius 3 is 2.23 bits per heavy atom. The second-order valence-corrected chi connectivity index (χ2v) is 10.8. The molecule has 2 heterocycles. The number of halogens is 5. The molecule has 1 saturated heterocycles. The van der Waals surface area contributed by atoms with Crippen molar-refractivity contribution < 1.29 is 41.1 Å². The van der Waals surface area contributed by atoms with Crippen LogP contribution in [-0.4, -0.2) is 59.9 Å². The molecule has 3 aromatic rings. The number of carbonyl (C=O) groups is 3. The van der Waals surface area contributed by atoms with Crippen molar-refractivity contribution >= 4 is 34.9 Å². The van der Waals surface area contributed by atoms with Gasteiger partial charge in [0.25, 0.3) is 5.91 Å². The van der Waals surface area contributed by atoms with Crippen molar-refractivity contribution in [1.29, 1.82) is 5.41 Å². The zero-order chi connectivity index (χ0) is 31.4. The number of rotatable bonds is 10. The van der Waals surface area contributed by atoms with Crippen LogP contribution < -0.4 is 21.1 Å². The van der Waals surface area contributed by atoms with E-state index in [0.29, 0.717) is 10.4 Å². The Kier molecular flexibility index (Phi) is 9.33. The highest BCUT2D eigenvalue weighted by atomic mass is 32.1. The Bertz CT molecular complexity index is 1500. The number of nitrogens with two attached hydrogens (primary N) is 1. The van der Waals surface area contributed by atoms with Crippen LogP contribution in [0.5, 0.6) is 11.5 Å². The summed E-state index contributed by atoms with van der Waals surface area (Å²) in [7, 11) is 0. The number of carbonyl (C=O) groups excluding carboxylic acids is 3. The molecule has 2 aromatic carbocycles. The van der Waals surface area contributed by atoms with Gasteiger partial charge in [-0.05, 0) is 54.6 Å². The molecular formula is C28H26F5N5O4S. The van der Waals surface area contributed by atoms with Crippen LogP contribution in [0.3, 0.4) is 0 Å². The van der Waals surface area contributed by atoms with Crippen LogP contribution >= 0.6 is 11.3 Å². The molecule has 0 aliphatic carbocycles. The minimum absolute atomic E-state index is 0.0273. The molecule has 0 unspecified atom stereocenters. The Balaban J connectivity index is 1.32. The Morgan fingerprint density at radius 1 is 1.05 bits per heavy atom. The van der Waals surface area contributed by atoms with Crippen molar-refractivity contribution in [3.05, 3.63) is 81.5 Å². The Morgan fingerprint density at radius 2 is 1.67 bits per heavy atom. The fraction of sp³-hybridized carbons (Fsp3) is 0.286. The summed E-state index contributed by atoms with van der Waals surface area (Å²) in [6, 6.07) is 9.89. The fourth-order valence-electron chi connectivity index (χ4n) is 4.32. The third-order valence-electron chi connectivity index (χ3n) is 6.59. The van der Waals surface area contributed by atoms with E-state index < -0.39 is 67.4 Å². The summed E-state index contributed by atoms with van der Waals surface area (Å²) in [6.07, 6.45) is -5.04. The van der Waals surface area contributed by atoms with Crippen LogP contribution in [0.15, 0.2) is 60.0 Å². The van der Waals surface area contributed by atoms with Crippen molar-refractivity contribution in [1.82, 2.24) is 15.5 Å². The number of alkyl halides is 5. The summed E-state index contributed by atoms with van der Waals surface area (Å²) in [5.74, 6) is -1.92. The topological polar surface area (TPSA) is 138 Å². The number of thiophene rings is 1. The van der Waals surface area contributed by atoms with E-state index in [4.69, 9.17) is 15.9 Å². The van der Waals surface area contributed by atoms with Crippen LogP contribution in [0, 0.1) is 5.41 Å². The van der Waals surface area contributed by atoms with E-state index in [1.165, 1.54) is 35.6 Å². The average molecular weight is 624 g/mol. The number of hydrogen-bond acceptors (Lipinski definition) is 6. The first-order valence-electron chi connectivity index (χ1n) is 12.8. The monoisotopic (exact) mass is 623 g/mol. The molecule has 43 heavy (non-hydrogen) atoms. The van der Waals surface area contributed by atoms with Crippen LogP contribution in [0.25, 0.3) is 0 Å². The number of benzene rings is 2. The molecule has 9 nitrogen and oxygen atoms in total. The van der Waals surface area contributed by atoms with Gasteiger partial charge in [-0.25, -0.2) is 8.78 Å². The number of nitrogen functional groups attached to an aromatic ring is 1. The normalized spacial score (nSPS) is 18.3. The van der Waals surface area contributed by atoms with Gasteiger partial charge in [0, 0.05) is 27.8 Å². The Hall–Kier alpha value is -4.53. The van der Waals surface area contributed by atoms with Gasteiger partial charge >= 0.3 is 6.18 Å². The first-order valence-corrected chi connectivity index (χ1v) is 13.6. The predicted octanol–water partition coefficient (Wildman–Crippen LogP) is 4.17. The van der Waals surface area contributed by atoms with Gasteiger partial charge in [-0.15, -0.1) is 11.3 Å². The summed E-state index contributed by atoms with van der Waals surface area (Å²) < 4.78 is 72.0. The molecule has 2 atom stereocenters. The van der Waals surface area contributed by atoms with Gasteiger partial charge in [0.05, 0.1) is 25.2 Å². The van der Waals surface area contributed by atoms with Crippen molar-refractivity contribution in [2.24, 2.45) is 5.73 Å². The van der Waals surface area contributed by atoms with Crippen molar-refractivity contribution in [2.75, 3.05) is 19.8 Å². The van der Waals surface area contributed by atoms with Gasteiger partial charge in [0.2, 0.25) is 11.8 Å². The molecule has 15 heteroatoms. The van der Waals surface area contributed by atoms with Crippen LogP contribution in [0.2, 0.25) is 0 Å². The molecule has 1 aromatic heterocycles. The van der Waals surface area contributed by atoms with Crippen molar-refractivity contribution in [3.8, 4) is 11.5 Å². The van der Waals surface area contributed by atoms with Gasteiger partial charge in [-0.1, -0.05) is 0 Å². The molecule has 0 bridgehead atoms. The Labute approximate surface area is 246 Å². The van der Waals surface area contributed by atoms with E-state index >= 15 is 0 Å². The first-order chi connectivity index (χ1) is 20.3. The third kappa shape index (κ3) is 7.85. The number of hydrogen-bond donors (Lipinski definition) is 4. The number of amides is 3. The number of likely N-dealkylation sites (tertiary alicyclic amines) is 1. The van der Waals surface area contributed by atoms with Gasteiger partial charge in [-0.3, -0.25) is 19.8 Å². The lowest BCUT2D eigenvalue weighted by Gasteiger charge is -2.24. The molecule has 1 aliphatic heterocycles. The molecular weight excluding hydrogens is 597 g/mol. The lowest BCUT2D eigenvalue weighted by Crippen LogP contribution is -2.49. The molecule has 228 valence electrons. The molecule has 5 N–H and O–H groups in total. The van der Waals surface area contributed by atoms with E-state index in [9.17, 15) is 36.3 Å². The highest BCUT2D eigenvalue weighted by Crippen LogP contribution is 2.33. The summed E-state index contributed by atoms with van der Waals surface area (Å²) >= 11 is 1.24. The number of nitrogens with zero attached hydrogens (tertiary/aromatic N) is 1. The van der Waals surface area contributed by atoms with Crippen LogP contribution in [-0.2, 0) is 22.3 Å². The van der Waals surface area contributed by atoms with Gasteiger partial charge < -0.3 is 26.0 Å². The molecule has 3 amide bonds. The molecule has 1 fully saturated rings. The number of amidine groups is 1. The van der Waals surface area contributed by atoms with E-state index in [0.717, 1.165) is 29.2 Å². The maximum absolute atomic E-state index is 14.9. The summed E-state index contributed by atoms with van der Waals surface area (Å²) in [5.41, 5.74) is 2.78. The third-order valence-corrected chi connectivity index (χ3v) is 7.52. The van der Waals surface area contributed by atoms with Crippen molar-refractivity contribution in [3.63, 3.8) is 0 Å². The van der Waals surface area contributed by atoms with E-state index in [1.54, 1.807) is 11.4 Å². The summed E-state index contributed by atoms with van der Waals surface area (Å²) in [4.78, 5) is 39.9. The molecule has 0 radical (unpaired) electrons. The number of ether oxygens (including phenoxy) is 1. The summed E-state index contributed by atoms with van der Waals surface area (Å²) in [5, 5.41) is 14.1. The zero-order valence-corrected chi connectivity index (χ0v) is 23.2. The standard InChI is InChI=1S/C28H26F5N5O4S/c29-14-27(30)10-22(26(41)36-11-21-9-17(13-43-21)24(34)35)38(15-27)23(39)12-37-25(40)16-1-5-19(6-2-16)42-20-7-3-18(4-8-20)28(31,32)33/h1-9,13,22H,10-12,14-15H2,(H3,34,35)(H,36,41)(H,37,40)/t22-,27-/m0/s1. The van der Waals surface area contributed by atoms with Gasteiger partial charge in [0.15, 0.2) is 5.67 Å². The van der Waals surface area contributed by atoms with E-state index in [2.05, 4.69) is 10.6 Å². The molecule has 4 rings (SSSR count). The molecule has 1 aliphatic rings. The first kappa shape index (κ1) is 31.4. The second-order valence-electron chi connectivity index (χ2n) is 9.79. The SMILES string of the molecule is N=C(N)c1csc(CNC(=O)[C@@H]2C[C@](F)(CF)CN2C(=O)CNC(=O)c2ccc(Oc3ccc(C(F)(F)F)cc3)cc2)c1. The molecule has 0 spiro atoms. The quantitative estimate of drug-likeness (QED) is 0.153. The zero-order valence-electron chi connectivity index (χ0n) is 22.3. The lowest BCUT2D eigenvalue weighted by molar-refractivity contribution is -0.137. The highest BCUT2D eigenvalue weighted by molar-refractivity contribution is 7.10. The van der Waals surface area contributed by atoms with Crippen LogP contribution in [0.4, 0.5) is 22.0 Å². The smallest absolute Gasteiger partial charge is 0.416 e. The minimum Gasteiger partial charge on any atom is -0.457 e.